The maximum absolute atomic E-state index is 6.85. The van der Waals surface area contributed by atoms with Gasteiger partial charge in [0.15, 0.2) is 0 Å². The summed E-state index contributed by atoms with van der Waals surface area (Å²) in [5.74, 6) is 1.18. The third kappa shape index (κ3) is 5.04. The molecule has 0 aromatic rings. The van der Waals surface area contributed by atoms with Crippen LogP contribution in [0.1, 0.15) is 93.9 Å². The first-order chi connectivity index (χ1) is 14.6. The van der Waals surface area contributed by atoms with Gasteiger partial charge in [0, 0.05) is 0 Å². The predicted molar refractivity (Wildman–Crippen MR) is 146 cm³/mol. The van der Waals surface area contributed by atoms with Gasteiger partial charge in [-0.25, -0.2) is 0 Å². The SMILES string of the molecule is B=C1/C(=C\C=C2/CCC[C@]3(C)C(C(C)(C)C)=CC[C@@H]23)C[C@@H](O[Si](C)(C)C(C)(C)C)C[C@@H]1C. The van der Waals surface area contributed by atoms with Crippen molar-refractivity contribution in [2.24, 2.45) is 22.7 Å². The van der Waals surface area contributed by atoms with Crippen LogP contribution < -0.4 is 0 Å². The van der Waals surface area contributed by atoms with Crippen molar-refractivity contribution in [3.63, 3.8) is 0 Å². The zero-order chi connectivity index (χ0) is 24.1. The second kappa shape index (κ2) is 8.84. The summed E-state index contributed by atoms with van der Waals surface area (Å²) in [5.41, 5.74) is 6.71. The van der Waals surface area contributed by atoms with Crippen LogP contribution in [0.15, 0.2) is 34.9 Å². The van der Waals surface area contributed by atoms with Crippen LogP contribution in [0.5, 0.6) is 0 Å². The minimum atomic E-state index is -1.76. The molecule has 178 valence electrons. The fraction of sp³-hybridized carbons (Fsp3) is 0.759. The number of fused-ring (bicyclic) bond motifs is 1. The molecule has 0 amide bonds. The van der Waals surface area contributed by atoms with E-state index < -0.39 is 8.32 Å². The Morgan fingerprint density at radius 2 is 1.78 bits per heavy atom. The van der Waals surface area contributed by atoms with Crippen molar-refractivity contribution in [3.05, 3.63) is 34.9 Å². The minimum absolute atomic E-state index is 0.253. The van der Waals surface area contributed by atoms with E-state index in [1.807, 2.05) is 0 Å². The zero-order valence-corrected chi connectivity index (χ0v) is 23.8. The topological polar surface area (TPSA) is 9.23 Å². The Kier molecular flexibility index (Phi) is 7.17. The Morgan fingerprint density at radius 3 is 2.38 bits per heavy atom. The molecule has 0 saturated heterocycles. The molecule has 2 fully saturated rings. The molecular weight excluding hydrogens is 403 g/mol. The van der Waals surface area contributed by atoms with Gasteiger partial charge in [0.1, 0.15) is 0 Å². The molecule has 0 N–H and O–H groups in total. The van der Waals surface area contributed by atoms with Crippen LogP contribution in [0.3, 0.4) is 0 Å². The molecule has 2 saturated carbocycles. The van der Waals surface area contributed by atoms with Crippen molar-refractivity contribution in [1.82, 2.24) is 0 Å². The van der Waals surface area contributed by atoms with Gasteiger partial charge >= 0.3 is 201 Å². The number of rotatable bonds is 3. The molecule has 0 bridgehead atoms. The van der Waals surface area contributed by atoms with Crippen molar-refractivity contribution < 1.29 is 4.43 Å². The van der Waals surface area contributed by atoms with E-state index in [0.717, 1.165) is 12.8 Å². The molecule has 0 unspecified atom stereocenters. The summed E-state index contributed by atoms with van der Waals surface area (Å²) in [6.45, 7) is 23.8. The van der Waals surface area contributed by atoms with E-state index in [1.54, 1.807) is 11.1 Å². The van der Waals surface area contributed by atoms with Crippen molar-refractivity contribution >= 4 is 21.3 Å². The first kappa shape index (κ1) is 25.9. The van der Waals surface area contributed by atoms with Crippen LogP contribution in [-0.2, 0) is 4.43 Å². The van der Waals surface area contributed by atoms with Gasteiger partial charge in [-0.3, -0.25) is 0 Å². The molecule has 0 heterocycles. The molecular formula is C29H49BOSi. The van der Waals surface area contributed by atoms with Gasteiger partial charge in [0.05, 0.1) is 0 Å². The third-order valence-electron chi connectivity index (χ3n) is 9.20. The van der Waals surface area contributed by atoms with Gasteiger partial charge in [0.2, 0.25) is 0 Å². The van der Waals surface area contributed by atoms with Crippen molar-refractivity contribution in [2.45, 2.75) is 118 Å². The van der Waals surface area contributed by atoms with Gasteiger partial charge in [-0.05, 0) is 0 Å². The van der Waals surface area contributed by atoms with E-state index in [9.17, 15) is 0 Å². The molecule has 3 heteroatoms. The fourth-order valence-electron chi connectivity index (χ4n) is 6.36. The van der Waals surface area contributed by atoms with E-state index >= 15 is 0 Å². The van der Waals surface area contributed by atoms with Crippen LogP contribution >= 0.6 is 0 Å². The van der Waals surface area contributed by atoms with E-state index in [4.69, 9.17) is 4.43 Å². The summed E-state index contributed by atoms with van der Waals surface area (Å²) < 4.78 is 6.85. The predicted octanol–water partition coefficient (Wildman–Crippen LogP) is 7.92. The van der Waals surface area contributed by atoms with E-state index in [1.165, 1.54) is 36.7 Å². The van der Waals surface area contributed by atoms with Crippen molar-refractivity contribution in [3.8, 4) is 0 Å². The monoisotopic (exact) mass is 452 g/mol. The number of hydrogen-bond acceptors (Lipinski definition) is 1. The molecule has 0 aromatic carbocycles. The molecule has 32 heavy (non-hydrogen) atoms. The maximum atomic E-state index is 6.85. The second-order valence-electron chi connectivity index (χ2n) is 13.7. The molecule has 0 spiro atoms. The van der Waals surface area contributed by atoms with E-state index in [-0.39, 0.29) is 10.5 Å². The van der Waals surface area contributed by atoms with Crippen LogP contribution in [-0.4, -0.2) is 27.4 Å². The van der Waals surface area contributed by atoms with Gasteiger partial charge in [-0.1, -0.05) is 0 Å². The molecule has 3 aliphatic carbocycles. The molecule has 0 radical (unpaired) electrons. The van der Waals surface area contributed by atoms with E-state index in [2.05, 4.69) is 94.2 Å². The Labute approximate surface area is 201 Å². The second-order valence-corrected chi connectivity index (χ2v) is 18.5. The average molecular weight is 453 g/mol. The van der Waals surface area contributed by atoms with Gasteiger partial charge in [0.25, 0.3) is 0 Å². The fourth-order valence-corrected chi connectivity index (χ4v) is 7.73. The van der Waals surface area contributed by atoms with Crippen molar-refractivity contribution in [2.75, 3.05) is 0 Å². The molecule has 3 aliphatic rings. The quantitative estimate of drug-likeness (QED) is 0.312. The van der Waals surface area contributed by atoms with Crippen LogP contribution in [0.2, 0.25) is 18.1 Å². The summed E-state index contributed by atoms with van der Waals surface area (Å²) in [4.78, 5) is 0. The Bertz CT molecular complexity index is 832. The van der Waals surface area contributed by atoms with Crippen LogP contribution in [0.4, 0.5) is 0 Å². The molecule has 1 nitrogen and oxygen atoms in total. The first-order valence-electron chi connectivity index (χ1n) is 13.0. The first-order valence-corrected chi connectivity index (χ1v) is 15.9. The Morgan fingerprint density at radius 1 is 1.12 bits per heavy atom. The summed E-state index contributed by atoms with van der Waals surface area (Å²) in [7, 11) is 2.73. The standard InChI is InChI=1S/C29H49BOSi/c1-20-18-23(31-32(9,10)28(5,6)7)19-22(26(20)30)14-13-21-12-11-17-29(8)24(21)15-16-25(29)27(2,3)4/h13-14,16,20,23-24,30H,11-12,15,17-19H2,1-10H3/b21-13+,22-14-/t20-,23-,24-,29-/m0/s1. The molecule has 0 aromatic heterocycles. The summed E-state index contributed by atoms with van der Waals surface area (Å²) >= 11 is 0. The zero-order valence-electron chi connectivity index (χ0n) is 22.8. The third-order valence-corrected chi connectivity index (χ3v) is 13.7. The Balaban J connectivity index is 1.82. The van der Waals surface area contributed by atoms with Crippen molar-refractivity contribution in [1.29, 1.82) is 0 Å². The molecule has 0 aliphatic heterocycles. The summed E-state index contributed by atoms with van der Waals surface area (Å²) in [6.07, 6.45) is 15.1. The number of hydrogen-bond donors (Lipinski definition) is 0. The summed E-state index contributed by atoms with van der Waals surface area (Å²) in [6, 6.07) is 0. The van der Waals surface area contributed by atoms with Crippen LogP contribution in [0, 0.1) is 22.7 Å². The molecule has 3 rings (SSSR count). The molecule has 4 atom stereocenters. The number of allylic oxidation sites excluding steroid dienone is 5. The summed E-state index contributed by atoms with van der Waals surface area (Å²) in [5, 5.41) is 0.253. The normalized spacial score (nSPS) is 34.7. The average Bonchev–Trinajstić information content (AvgIpc) is 3.00. The van der Waals surface area contributed by atoms with Gasteiger partial charge in [-0.15, -0.1) is 0 Å². The van der Waals surface area contributed by atoms with Gasteiger partial charge < -0.3 is 0 Å². The Hall–Kier alpha value is -0.668. The van der Waals surface area contributed by atoms with E-state index in [0.29, 0.717) is 23.4 Å². The van der Waals surface area contributed by atoms with Gasteiger partial charge in [-0.2, -0.15) is 0 Å². The van der Waals surface area contributed by atoms with Crippen LogP contribution in [0.25, 0.3) is 0 Å².